The van der Waals surface area contributed by atoms with Gasteiger partial charge in [-0.2, -0.15) is 0 Å². The summed E-state index contributed by atoms with van der Waals surface area (Å²) in [6.07, 6.45) is 3.48. The zero-order valence-electron chi connectivity index (χ0n) is 15.4. The maximum absolute atomic E-state index is 12.4. The van der Waals surface area contributed by atoms with Crippen LogP contribution in [-0.2, 0) is 6.42 Å². The molecule has 1 aliphatic heterocycles. The van der Waals surface area contributed by atoms with Crippen molar-refractivity contribution >= 4 is 28.1 Å². The Labute approximate surface area is 163 Å². The van der Waals surface area contributed by atoms with Crippen molar-refractivity contribution in [2.75, 3.05) is 23.3 Å². The number of hydrogen-bond donors (Lipinski definition) is 1. The molecule has 1 fully saturated rings. The Morgan fingerprint density at radius 1 is 1.07 bits per heavy atom. The number of thiazole rings is 1. The van der Waals surface area contributed by atoms with Gasteiger partial charge in [0.2, 0.25) is 0 Å². The van der Waals surface area contributed by atoms with Crippen LogP contribution in [0.5, 0.6) is 0 Å². The molecule has 0 spiro atoms. The Morgan fingerprint density at radius 2 is 1.78 bits per heavy atom. The van der Waals surface area contributed by atoms with E-state index in [-0.39, 0.29) is 5.91 Å². The molecule has 0 aliphatic carbocycles. The summed E-state index contributed by atoms with van der Waals surface area (Å²) in [5, 5.41) is 6.17. The van der Waals surface area contributed by atoms with Crippen molar-refractivity contribution in [2.24, 2.45) is 0 Å². The molecule has 1 aliphatic rings. The van der Waals surface area contributed by atoms with Crippen LogP contribution in [0.1, 0.15) is 35.7 Å². The highest BCUT2D eigenvalue weighted by atomic mass is 32.1. The lowest BCUT2D eigenvalue weighted by Crippen LogP contribution is -2.17. The van der Waals surface area contributed by atoms with Gasteiger partial charge in [0, 0.05) is 35.3 Å². The van der Waals surface area contributed by atoms with E-state index in [0.29, 0.717) is 5.56 Å². The van der Waals surface area contributed by atoms with Crippen molar-refractivity contribution in [1.29, 1.82) is 0 Å². The number of aryl methyl sites for hydroxylation is 1. The van der Waals surface area contributed by atoms with Crippen LogP contribution in [0, 0.1) is 0 Å². The van der Waals surface area contributed by atoms with Gasteiger partial charge in [0.05, 0.1) is 5.69 Å². The molecule has 4 nitrogen and oxygen atoms in total. The Balaban J connectivity index is 1.43. The third kappa shape index (κ3) is 4.03. The van der Waals surface area contributed by atoms with E-state index >= 15 is 0 Å². The van der Waals surface area contributed by atoms with Gasteiger partial charge in [0.25, 0.3) is 5.91 Å². The molecule has 4 rings (SSSR count). The van der Waals surface area contributed by atoms with E-state index < -0.39 is 0 Å². The molecule has 1 amide bonds. The van der Waals surface area contributed by atoms with Crippen molar-refractivity contribution in [3.05, 3.63) is 65.0 Å². The van der Waals surface area contributed by atoms with Crippen LogP contribution in [-0.4, -0.2) is 24.0 Å². The van der Waals surface area contributed by atoms with Crippen molar-refractivity contribution in [2.45, 2.75) is 26.2 Å². The maximum Gasteiger partial charge on any atom is 0.255 e. The van der Waals surface area contributed by atoms with Crippen LogP contribution in [0.2, 0.25) is 0 Å². The second-order valence-corrected chi connectivity index (χ2v) is 7.63. The normalized spacial score (nSPS) is 13.7. The van der Waals surface area contributed by atoms with Gasteiger partial charge >= 0.3 is 0 Å². The van der Waals surface area contributed by atoms with Crippen LogP contribution >= 0.6 is 11.3 Å². The second kappa shape index (κ2) is 7.92. The Bertz CT molecular complexity index is 909. The minimum atomic E-state index is -0.0876. The molecule has 27 heavy (non-hydrogen) atoms. The quantitative estimate of drug-likeness (QED) is 0.662. The fourth-order valence-electron chi connectivity index (χ4n) is 3.27. The second-order valence-electron chi connectivity index (χ2n) is 6.79. The lowest BCUT2D eigenvalue weighted by atomic mass is 10.1. The minimum absolute atomic E-state index is 0.0876. The number of aromatic nitrogens is 1. The van der Waals surface area contributed by atoms with Crippen molar-refractivity contribution < 1.29 is 4.79 Å². The molecule has 5 heteroatoms. The summed E-state index contributed by atoms with van der Waals surface area (Å²) >= 11 is 1.70. The Hall–Kier alpha value is -2.66. The highest BCUT2D eigenvalue weighted by molar-refractivity contribution is 7.14. The molecule has 0 unspecified atom stereocenters. The average Bonchev–Trinajstić information content (AvgIpc) is 3.40. The summed E-state index contributed by atoms with van der Waals surface area (Å²) in [6.45, 7) is 4.32. The van der Waals surface area contributed by atoms with E-state index in [1.165, 1.54) is 18.4 Å². The van der Waals surface area contributed by atoms with Crippen LogP contribution in [0.3, 0.4) is 0 Å². The minimum Gasteiger partial charge on any atom is -0.348 e. The predicted molar refractivity (Wildman–Crippen MR) is 113 cm³/mol. The summed E-state index contributed by atoms with van der Waals surface area (Å²) in [5.41, 5.74) is 4.76. The molecule has 138 valence electrons. The average molecular weight is 378 g/mol. The van der Waals surface area contributed by atoms with Crippen molar-refractivity contribution in [1.82, 2.24) is 4.98 Å². The molecule has 2 aromatic carbocycles. The van der Waals surface area contributed by atoms with Gasteiger partial charge in [-0.25, -0.2) is 4.98 Å². The van der Waals surface area contributed by atoms with Gasteiger partial charge in [0.15, 0.2) is 5.13 Å². The zero-order valence-corrected chi connectivity index (χ0v) is 16.3. The molecule has 0 saturated carbocycles. The Kier molecular flexibility index (Phi) is 5.21. The van der Waals surface area contributed by atoms with Gasteiger partial charge < -0.3 is 10.2 Å². The number of nitrogens with one attached hydrogen (secondary N) is 1. The smallest absolute Gasteiger partial charge is 0.255 e. The number of carbonyl (C=O) groups excluding carboxylic acids is 1. The standard InChI is InChI=1S/C22H23N3OS/c1-2-16-5-7-18(8-6-16)21(26)23-19-11-9-17(10-12-19)20-15-27-22(24-20)25-13-3-4-14-25/h5-12,15H,2-4,13-14H2,1H3,(H,23,26). The van der Waals surface area contributed by atoms with Gasteiger partial charge in [-0.3, -0.25) is 4.79 Å². The van der Waals surface area contributed by atoms with Crippen molar-refractivity contribution in [3.63, 3.8) is 0 Å². The molecule has 1 saturated heterocycles. The first-order valence-electron chi connectivity index (χ1n) is 9.44. The van der Waals surface area contributed by atoms with Crippen LogP contribution < -0.4 is 10.2 Å². The SMILES string of the molecule is CCc1ccc(C(=O)Nc2ccc(-c3csc(N4CCCC4)n3)cc2)cc1. The van der Waals surface area contributed by atoms with Crippen molar-refractivity contribution in [3.8, 4) is 11.3 Å². The number of carbonyl (C=O) groups is 1. The first-order valence-corrected chi connectivity index (χ1v) is 10.3. The highest BCUT2D eigenvalue weighted by Gasteiger charge is 2.16. The van der Waals surface area contributed by atoms with E-state index in [0.717, 1.165) is 41.6 Å². The first kappa shape index (κ1) is 17.7. The largest absolute Gasteiger partial charge is 0.348 e. The summed E-state index contributed by atoms with van der Waals surface area (Å²) in [6, 6.07) is 15.6. The number of amides is 1. The Morgan fingerprint density at radius 3 is 2.44 bits per heavy atom. The monoisotopic (exact) mass is 377 g/mol. The number of anilines is 2. The van der Waals surface area contributed by atoms with Crippen LogP contribution in [0.4, 0.5) is 10.8 Å². The van der Waals surface area contributed by atoms with Gasteiger partial charge in [-0.15, -0.1) is 11.3 Å². The number of rotatable bonds is 5. The third-order valence-electron chi connectivity index (χ3n) is 4.93. The highest BCUT2D eigenvalue weighted by Crippen LogP contribution is 2.30. The van der Waals surface area contributed by atoms with Gasteiger partial charge in [-0.1, -0.05) is 31.2 Å². The maximum atomic E-state index is 12.4. The molecule has 0 bridgehead atoms. The summed E-state index contributed by atoms with van der Waals surface area (Å²) in [7, 11) is 0. The fourth-order valence-corrected chi connectivity index (χ4v) is 4.16. The fraction of sp³-hybridized carbons (Fsp3) is 0.273. The topological polar surface area (TPSA) is 45.2 Å². The van der Waals surface area contributed by atoms with E-state index in [1.807, 2.05) is 48.5 Å². The number of nitrogens with zero attached hydrogens (tertiary/aromatic N) is 2. The van der Waals surface area contributed by atoms with Gasteiger partial charge in [0.1, 0.15) is 0 Å². The molecule has 3 aromatic rings. The summed E-state index contributed by atoms with van der Waals surface area (Å²) < 4.78 is 0. The summed E-state index contributed by atoms with van der Waals surface area (Å²) in [5.74, 6) is -0.0876. The summed E-state index contributed by atoms with van der Waals surface area (Å²) in [4.78, 5) is 19.5. The van der Waals surface area contributed by atoms with Gasteiger partial charge in [-0.05, 0) is 49.1 Å². The number of hydrogen-bond acceptors (Lipinski definition) is 4. The first-order chi connectivity index (χ1) is 13.2. The van der Waals surface area contributed by atoms with E-state index in [9.17, 15) is 4.79 Å². The van der Waals surface area contributed by atoms with E-state index in [1.54, 1.807) is 11.3 Å². The third-order valence-corrected chi connectivity index (χ3v) is 5.83. The molecule has 1 aromatic heterocycles. The molecule has 0 radical (unpaired) electrons. The number of benzene rings is 2. The molecule has 0 atom stereocenters. The van der Waals surface area contributed by atoms with Crippen LogP contribution in [0.15, 0.2) is 53.9 Å². The molecular formula is C22H23N3OS. The van der Waals surface area contributed by atoms with E-state index in [2.05, 4.69) is 22.5 Å². The molecular weight excluding hydrogens is 354 g/mol. The van der Waals surface area contributed by atoms with E-state index in [4.69, 9.17) is 4.98 Å². The molecule has 1 N–H and O–H groups in total. The molecule has 2 heterocycles. The zero-order chi connectivity index (χ0) is 18.6. The predicted octanol–water partition coefficient (Wildman–Crippen LogP) is 5.23. The van der Waals surface area contributed by atoms with Crippen LogP contribution in [0.25, 0.3) is 11.3 Å². The lowest BCUT2D eigenvalue weighted by molar-refractivity contribution is 0.102. The lowest BCUT2D eigenvalue weighted by Gasteiger charge is -2.12.